The van der Waals surface area contributed by atoms with Gasteiger partial charge in [0.05, 0.1) is 13.2 Å². The second-order valence-electron chi connectivity index (χ2n) is 9.76. The number of hydrogen-bond donors (Lipinski definition) is 0. The molecule has 0 heterocycles. The van der Waals surface area contributed by atoms with Crippen molar-refractivity contribution >= 4 is 30.4 Å². The van der Waals surface area contributed by atoms with Crippen molar-refractivity contribution in [2.75, 3.05) is 7.11 Å². The Morgan fingerprint density at radius 1 is 0.938 bits per heavy atom. The second kappa shape index (κ2) is 9.55. The summed E-state index contributed by atoms with van der Waals surface area (Å²) in [6.45, 7) is 10.5. The van der Waals surface area contributed by atoms with Gasteiger partial charge in [0.25, 0.3) is 8.32 Å². The molecule has 0 amide bonds. The van der Waals surface area contributed by atoms with Gasteiger partial charge < -0.3 is 9.16 Å². The first-order valence-electron chi connectivity index (χ1n) is 11.2. The monoisotopic (exact) mass is 450 g/mol. The van der Waals surface area contributed by atoms with Crippen molar-refractivity contribution in [2.24, 2.45) is 5.92 Å². The minimum Gasteiger partial charge on any atom is -0.468 e. The molecule has 0 radical (unpaired) electrons. The quantitative estimate of drug-likeness (QED) is 0.293. The third-order valence-corrected chi connectivity index (χ3v) is 11.5. The molecule has 170 valence electrons. The molecule has 0 aliphatic heterocycles. The molecule has 2 aromatic rings. The normalized spacial score (nSPS) is 19.6. The van der Waals surface area contributed by atoms with E-state index in [2.05, 4.69) is 69.3 Å². The van der Waals surface area contributed by atoms with E-state index in [-0.39, 0.29) is 16.9 Å². The van der Waals surface area contributed by atoms with Crippen LogP contribution in [0.15, 0.2) is 71.8 Å². The van der Waals surface area contributed by atoms with Gasteiger partial charge in [0, 0.05) is 6.42 Å². The Labute approximate surface area is 192 Å². The molecular weight excluding hydrogens is 416 g/mol. The van der Waals surface area contributed by atoms with Crippen LogP contribution in [0.25, 0.3) is 0 Å². The van der Waals surface area contributed by atoms with E-state index < -0.39 is 20.2 Å². The van der Waals surface area contributed by atoms with Crippen molar-refractivity contribution in [3.8, 4) is 0 Å². The summed E-state index contributed by atoms with van der Waals surface area (Å²) in [7, 11) is -1.45. The van der Waals surface area contributed by atoms with Gasteiger partial charge in [-0.25, -0.2) is 0 Å². The van der Waals surface area contributed by atoms with Gasteiger partial charge in [-0.1, -0.05) is 87.0 Å². The highest BCUT2D eigenvalue weighted by atomic mass is 28.4. The molecule has 0 spiro atoms. The van der Waals surface area contributed by atoms with Gasteiger partial charge in [-0.15, -0.1) is 0 Å². The number of carbonyl (C=O) groups excluding carboxylic acids is 2. The average Bonchev–Trinajstić information content (AvgIpc) is 2.78. The fourth-order valence-electron chi connectivity index (χ4n) is 4.82. The highest BCUT2D eigenvalue weighted by Gasteiger charge is 2.53. The molecule has 32 heavy (non-hydrogen) atoms. The van der Waals surface area contributed by atoms with E-state index in [4.69, 9.17) is 9.16 Å². The Hall–Kier alpha value is -2.50. The summed E-state index contributed by atoms with van der Waals surface area (Å²) in [5, 5.41) is 2.19. The SMILES string of the molecule is COC(=O)C1CC(O[Si](c2ccccc2)(c2ccccc2)C(C)(C)C)CC(=C(C)C)C1=O. The fraction of sp³-hybridized carbons (Fsp3) is 0.407. The lowest BCUT2D eigenvalue weighted by atomic mass is 9.81. The number of esters is 1. The van der Waals surface area contributed by atoms with Crippen LogP contribution in [0.5, 0.6) is 0 Å². The van der Waals surface area contributed by atoms with Crippen LogP contribution < -0.4 is 10.4 Å². The summed E-state index contributed by atoms with van der Waals surface area (Å²) in [6, 6.07) is 20.9. The number of methoxy groups -OCH3 is 1. The van der Waals surface area contributed by atoms with E-state index in [1.54, 1.807) is 0 Å². The molecular formula is C27H34O4Si. The van der Waals surface area contributed by atoms with Crippen molar-refractivity contribution in [2.45, 2.75) is 58.6 Å². The zero-order valence-electron chi connectivity index (χ0n) is 20.0. The van der Waals surface area contributed by atoms with Gasteiger partial charge in [0.15, 0.2) is 5.78 Å². The van der Waals surface area contributed by atoms with Crippen LogP contribution in [0.2, 0.25) is 5.04 Å². The molecule has 4 nitrogen and oxygen atoms in total. The van der Waals surface area contributed by atoms with Crippen LogP contribution >= 0.6 is 0 Å². The highest BCUT2D eigenvalue weighted by molar-refractivity contribution is 6.99. The summed E-state index contributed by atoms with van der Waals surface area (Å²) in [5.41, 5.74) is 1.62. The summed E-state index contributed by atoms with van der Waals surface area (Å²) in [5.74, 6) is -1.43. The maximum Gasteiger partial charge on any atom is 0.316 e. The van der Waals surface area contributed by atoms with Gasteiger partial charge in [-0.2, -0.15) is 0 Å². The van der Waals surface area contributed by atoms with E-state index in [1.807, 2.05) is 26.0 Å². The van der Waals surface area contributed by atoms with Gasteiger partial charge in [0.1, 0.15) is 5.92 Å². The van der Waals surface area contributed by atoms with Crippen LogP contribution in [0, 0.1) is 5.92 Å². The molecule has 0 N–H and O–H groups in total. The van der Waals surface area contributed by atoms with E-state index in [0.29, 0.717) is 18.4 Å². The number of benzene rings is 2. The first kappa shape index (κ1) is 24.1. The molecule has 1 saturated carbocycles. The first-order chi connectivity index (χ1) is 15.1. The Kier molecular flexibility index (Phi) is 7.21. The lowest BCUT2D eigenvalue weighted by molar-refractivity contribution is -0.150. The number of carbonyl (C=O) groups is 2. The molecule has 3 rings (SSSR count). The smallest absolute Gasteiger partial charge is 0.316 e. The van der Waals surface area contributed by atoms with Crippen molar-refractivity contribution in [3.63, 3.8) is 0 Å². The summed E-state index contributed by atoms with van der Waals surface area (Å²) in [4.78, 5) is 25.5. The maximum absolute atomic E-state index is 13.0. The zero-order chi connectivity index (χ0) is 23.5. The van der Waals surface area contributed by atoms with Crippen molar-refractivity contribution in [1.82, 2.24) is 0 Å². The number of hydrogen-bond acceptors (Lipinski definition) is 4. The molecule has 0 saturated heterocycles. The Morgan fingerprint density at radius 3 is 1.84 bits per heavy atom. The molecule has 0 aromatic heterocycles. The predicted octanol–water partition coefficient (Wildman–Crippen LogP) is 4.42. The summed E-state index contributed by atoms with van der Waals surface area (Å²) in [6.07, 6.45) is 0.597. The number of ketones is 1. The second-order valence-corrected chi connectivity index (χ2v) is 14.0. The van der Waals surface area contributed by atoms with Crippen molar-refractivity contribution in [3.05, 3.63) is 71.8 Å². The van der Waals surface area contributed by atoms with Crippen molar-refractivity contribution in [1.29, 1.82) is 0 Å². The number of rotatable bonds is 5. The summed E-state index contributed by atoms with van der Waals surface area (Å²) < 4.78 is 12.2. The minimum atomic E-state index is -2.78. The van der Waals surface area contributed by atoms with Gasteiger partial charge >= 0.3 is 5.97 Å². The zero-order valence-corrected chi connectivity index (χ0v) is 21.0. The molecule has 0 bridgehead atoms. The fourth-order valence-corrected chi connectivity index (χ4v) is 9.51. The van der Waals surface area contributed by atoms with E-state index in [0.717, 1.165) is 5.57 Å². The largest absolute Gasteiger partial charge is 0.468 e. The Morgan fingerprint density at radius 2 is 1.44 bits per heavy atom. The van der Waals surface area contributed by atoms with Crippen molar-refractivity contribution < 1.29 is 18.8 Å². The molecule has 2 aromatic carbocycles. The number of allylic oxidation sites excluding steroid dienone is 1. The highest BCUT2D eigenvalue weighted by Crippen LogP contribution is 2.40. The van der Waals surface area contributed by atoms with E-state index >= 15 is 0 Å². The first-order valence-corrected chi connectivity index (χ1v) is 13.1. The minimum absolute atomic E-state index is 0.126. The molecule has 1 aliphatic rings. The van der Waals surface area contributed by atoms with Crippen LogP contribution in [0.1, 0.15) is 47.5 Å². The van der Waals surface area contributed by atoms with Crippen LogP contribution in [-0.4, -0.2) is 33.3 Å². The lowest BCUT2D eigenvalue weighted by Gasteiger charge is -2.46. The number of Topliss-reactive ketones (excluding diaryl/α,β-unsaturated/α-hetero) is 1. The van der Waals surface area contributed by atoms with Crippen LogP contribution in [0.3, 0.4) is 0 Å². The maximum atomic E-state index is 13.0. The third kappa shape index (κ3) is 4.50. The molecule has 1 fully saturated rings. The lowest BCUT2D eigenvalue weighted by Crippen LogP contribution is -2.68. The molecule has 1 aliphatic carbocycles. The topological polar surface area (TPSA) is 52.6 Å². The summed E-state index contributed by atoms with van der Waals surface area (Å²) >= 11 is 0. The average molecular weight is 451 g/mol. The van der Waals surface area contributed by atoms with E-state index in [1.165, 1.54) is 17.5 Å². The van der Waals surface area contributed by atoms with Crippen LogP contribution in [0.4, 0.5) is 0 Å². The molecule has 2 atom stereocenters. The van der Waals surface area contributed by atoms with Gasteiger partial charge in [-0.3, -0.25) is 9.59 Å². The Bertz CT molecular complexity index is 946. The van der Waals surface area contributed by atoms with E-state index in [9.17, 15) is 9.59 Å². The third-order valence-electron chi connectivity index (χ3n) is 6.39. The van der Waals surface area contributed by atoms with Crippen LogP contribution in [-0.2, 0) is 18.8 Å². The van der Waals surface area contributed by atoms with Gasteiger partial charge in [0.2, 0.25) is 0 Å². The molecule has 5 heteroatoms. The standard InChI is InChI=1S/C27H34O4Si/c1-19(2)23-17-20(18-24(25(23)28)26(29)30-6)31-32(27(3,4)5,21-13-9-7-10-14-21)22-15-11-8-12-16-22/h7-16,20,24H,17-18H2,1-6H3. The predicted molar refractivity (Wildman–Crippen MR) is 131 cm³/mol. The molecule has 2 unspecified atom stereocenters. The Balaban J connectivity index is 2.16. The van der Waals surface area contributed by atoms with Gasteiger partial charge in [-0.05, 0) is 41.3 Å². The number of ether oxygens (including phenoxy) is 1.